The van der Waals surface area contributed by atoms with Crippen molar-refractivity contribution in [2.45, 2.75) is 106 Å². The van der Waals surface area contributed by atoms with Gasteiger partial charge in [0.15, 0.2) is 5.78 Å². The number of fused-ring (bicyclic) bond motifs is 1. The fourth-order valence-electron chi connectivity index (χ4n) is 6.12. The van der Waals surface area contributed by atoms with Gasteiger partial charge in [0.2, 0.25) is 5.78 Å². The molecule has 1 heterocycles. The third kappa shape index (κ3) is 13.2. The monoisotopic (exact) mass is 654 g/mol. The second-order valence-electron chi connectivity index (χ2n) is 15.0. The zero-order chi connectivity index (χ0) is 33.3. The lowest BCUT2D eigenvalue weighted by atomic mass is 9.84. The van der Waals surface area contributed by atoms with Gasteiger partial charge in [0.25, 0.3) is 0 Å². The molecule has 2 nitrogen and oxygen atoms in total. The Kier molecular flexibility index (Phi) is 14.7. The van der Waals surface area contributed by atoms with Gasteiger partial charge >= 0.3 is 0 Å². The summed E-state index contributed by atoms with van der Waals surface area (Å²) in [5.74, 6) is 8.44. The number of aryl methyl sites for hydroxylation is 2. The van der Waals surface area contributed by atoms with Gasteiger partial charge in [0, 0.05) is 28.9 Å². The number of ketones is 2. The standard InChI is InChI=1S/C27H29O2S.C8H15.C8H10.FH/c1-27(2,3)14-13-23(28)20-6-4-5-18(7-8-20)15-24(29)26-17-22-16-21(19-9-10-19)11-12-25(22)30-26;2*1-7-3-5-8(2)6-4-7;/h9-12,16-18,20H,4-8,15H2,1-3H3;7-8H,1,3-6H2,2H3;3-6H,1-2H3;1H. The van der Waals surface area contributed by atoms with Gasteiger partial charge in [-0.05, 0) is 119 Å². The number of rotatable bonds is 5. The van der Waals surface area contributed by atoms with Gasteiger partial charge in [0.05, 0.1) is 4.88 Å². The van der Waals surface area contributed by atoms with Gasteiger partial charge < -0.3 is 0 Å². The molecule has 2 atom stereocenters. The minimum Gasteiger partial charge on any atom is -0.293 e. The maximum absolute atomic E-state index is 13.0. The Hall–Kier alpha value is -3.03. The Labute approximate surface area is 288 Å². The van der Waals surface area contributed by atoms with E-state index >= 15 is 0 Å². The van der Waals surface area contributed by atoms with Crippen LogP contribution < -0.4 is 0 Å². The number of halogens is 1. The number of allylic oxidation sites excluding steroid dienone is 2. The van der Waals surface area contributed by atoms with Crippen LogP contribution in [-0.2, 0) is 4.79 Å². The highest BCUT2D eigenvalue weighted by Crippen LogP contribution is 2.36. The van der Waals surface area contributed by atoms with Crippen molar-refractivity contribution in [3.05, 3.63) is 89.5 Å². The Morgan fingerprint density at radius 3 is 2.09 bits per heavy atom. The molecule has 47 heavy (non-hydrogen) atoms. The van der Waals surface area contributed by atoms with E-state index in [1.54, 1.807) is 11.3 Å². The van der Waals surface area contributed by atoms with Gasteiger partial charge in [-0.25, -0.2) is 0 Å². The molecule has 0 bridgehead atoms. The molecule has 0 aliphatic heterocycles. The number of hydrogen-bond donors (Lipinski definition) is 0. The minimum atomic E-state index is -0.145. The zero-order valence-corrected chi connectivity index (χ0v) is 30.3. The third-order valence-corrected chi connectivity index (χ3v) is 10.5. The largest absolute Gasteiger partial charge is 0.293 e. The number of benzene rings is 2. The molecule has 3 aliphatic carbocycles. The molecule has 2 saturated carbocycles. The van der Waals surface area contributed by atoms with Crippen LogP contribution in [0.5, 0.6) is 0 Å². The number of thiophene rings is 1. The number of carbonyl (C=O) groups is 2. The first-order chi connectivity index (χ1) is 21.9. The van der Waals surface area contributed by atoms with Crippen molar-refractivity contribution in [1.82, 2.24) is 0 Å². The fourth-order valence-corrected chi connectivity index (χ4v) is 7.11. The van der Waals surface area contributed by atoms with E-state index in [0.29, 0.717) is 12.3 Å². The summed E-state index contributed by atoms with van der Waals surface area (Å²) in [6.07, 6.45) is 15.1. The summed E-state index contributed by atoms with van der Waals surface area (Å²) < 4.78 is 1.17. The maximum Gasteiger partial charge on any atom is 0.208 e. The summed E-state index contributed by atoms with van der Waals surface area (Å²) in [6.45, 7) is 16.6. The molecule has 1 aromatic heterocycles. The Bertz CT molecular complexity index is 1520. The Morgan fingerprint density at radius 2 is 1.51 bits per heavy atom. The topological polar surface area (TPSA) is 34.1 Å². The molecule has 2 fully saturated rings. The molecular formula is C43H55FO2S. The third-order valence-electron chi connectivity index (χ3n) is 9.31. The van der Waals surface area contributed by atoms with Gasteiger partial charge in [-0.2, -0.15) is 0 Å². The van der Waals surface area contributed by atoms with Crippen LogP contribution in [-0.4, -0.2) is 11.6 Å². The van der Waals surface area contributed by atoms with Crippen molar-refractivity contribution >= 4 is 38.6 Å². The first-order valence-electron chi connectivity index (χ1n) is 17.4. The van der Waals surface area contributed by atoms with Crippen LogP contribution in [0.1, 0.15) is 118 Å². The summed E-state index contributed by atoms with van der Waals surface area (Å²) in [5, 5.41) is 1.16. The first kappa shape index (κ1) is 38.4. The Balaban J connectivity index is 0.000000288. The quantitative estimate of drug-likeness (QED) is 0.119. The average molecular weight is 655 g/mol. The van der Waals surface area contributed by atoms with Crippen molar-refractivity contribution in [2.24, 2.45) is 29.1 Å². The average Bonchev–Trinajstić information content (AvgIpc) is 3.82. The van der Waals surface area contributed by atoms with Crippen molar-refractivity contribution in [2.75, 3.05) is 0 Å². The van der Waals surface area contributed by atoms with Crippen molar-refractivity contribution < 1.29 is 14.3 Å². The van der Waals surface area contributed by atoms with Gasteiger partial charge in [-0.15, -0.1) is 11.3 Å². The molecule has 6 rings (SSSR count). The highest BCUT2D eigenvalue weighted by Gasteiger charge is 2.25. The zero-order valence-electron chi connectivity index (χ0n) is 29.5. The smallest absolute Gasteiger partial charge is 0.208 e. The highest BCUT2D eigenvalue weighted by molar-refractivity contribution is 7.20. The van der Waals surface area contributed by atoms with E-state index in [9.17, 15) is 9.59 Å². The molecule has 3 aliphatic rings. The second-order valence-corrected chi connectivity index (χ2v) is 16.1. The lowest BCUT2D eigenvalue weighted by Gasteiger charge is -2.22. The second kappa shape index (κ2) is 17.9. The predicted octanol–water partition coefficient (Wildman–Crippen LogP) is 12.0. The predicted molar refractivity (Wildman–Crippen MR) is 200 cm³/mol. The molecule has 3 aromatic rings. The van der Waals surface area contributed by atoms with Crippen LogP contribution in [0.3, 0.4) is 0 Å². The Morgan fingerprint density at radius 1 is 0.872 bits per heavy atom. The minimum absolute atomic E-state index is 0. The number of hydrogen-bond acceptors (Lipinski definition) is 3. The van der Waals surface area contributed by atoms with Gasteiger partial charge in [-0.1, -0.05) is 99.4 Å². The van der Waals surface area contributed by atoms with E-state index in [1.807, 2.05) is 20.8 Å². The molecule has 2 aromatic carbocycles. The van der Waals surface area contributed by atoms with Crippen molar-refractivity contribution in [3.63, 3.8) is 0 Å². The molecule has 0 saturated heterocycles. The van der Waals surface area contributed by atoms with Gasteiger partial charge in [0.1, 0.15) is 0 Å². The molecule has 4 heteroatoms. The van der Waals surface area contributed by atoms with Gasteiger partial charge in [-0.3, -0.25) is 14.3 Å². The van der Waals surface area contributed by atoms with Crippen LogP contribution in [0.4, 0.5) is 4.70 Å². The molecule has 0 N–H and O–H groups in total. The normalized spacial score (nSPS) is 22.0. The lowest BCUT2D eigenvalue weighted by Crippen LogP contribution is -2.13. The molecular weight excluding hydrogens is 600 g/mol. The van der Waals surface area contributed by atoms with E-state index in [4.69, 9.17) is 0 Å². The van der Waals surface area contributed by atoms with Crippen LogP contribution in [0, 0.1) is 68.1 Å². The summed E-state index contributed by atoms with van der Waals surface area (Å²) >= 11 is 1.60. The lowest BCUT2D eigenvalue weighted by molar-refractivity contribution is -0.117. The molecule has 2 unspecified atom stereocenters. The van der Waals surface area contributed by atoms with Crippen LogP contribution in [0.15, 0.2) is 54.6 Å². The molecule has 0 spiro atoms. The van der Waals surface area contributed by atoms with Crippen LogP contribution in [0.25, 0.3) is 15.7 Å². The SMILES string of the molecule is CC(C)(C)C#CC(=O)C1CCCC(CC(=O)c2cc3cc(C4=C[CH]4)ccc3s2)CC1.Cc1ccc(C)cc1.F.[CH2]C1CCC(C)CC1. The summed E-state index contributed by atoms with van der Waals surface area (Å²) in [5.41, 5.74) is 5.03. The van der Waals surface area contributed by atoms with E-state index < -0.39 is 0 Å². The summed E-state index contributed by atoms with van der Waals surface area (Å²) in [4.78, 5) is 26.3. The first-order valence-corrected chi connectivity index (χ1v) is 18.2. The summed E-state index contributed by atoms with van der Waals surface area (Å²) in [7, 11) is 0. The summed E-state index contributed by atoms with van der Waals surface area (Å²) in [6, 6.07) is 17.0. The van der Waals surface area contributed by atoms with Crippen molar-refractivity contribution in [1.29, 1.82) is 0 Å². The highest BCUT2D eigenvalue weighted by atomic mass is 32.1. The number of Topliss-reactive ketones (excluding diaryl/α,β-unsaturated/α-hetero) is 2. The van der Waals surface area contributed by atoms with E-state index in [1.165, 1.54) is 52.6 Å². The van der Waals surface area contributed by atoms with Crippen LogP contribution >= 0.6 is 11.3 Å². The van der Waals surface area contributed by atoms with E-state index in [2.05, 4.69) is 101 Å². The van der Waals surface area contributed by atoms with Crippen LogP contribution in [0.2, 0.25) is 0 Å². The molecule has 2 radical (unpaired) electrons. The fraction of sp³-hybridized carbons (Fsp3) is 0.488. The maximum atomic E-state index is 13.0. The van der Waals surface area contributed by atoms with E-state index in [0.717, 1.165) is 54.2 Å². The van der Waals surface area contributed by atoms with Crippen molar-refractivity contribution in [3.8, 4) is 11.8 Å². The van der Waals surface area contributed by atoms with E-state index in [-0.39, 0.29) is 27.6 Å². The number of carbonyl (C=O) groups excluding carboxylic acids is 2. The molecule has 0 amide bonds. The molecule has 252 valence electrons.